The molecule has 17 heteroatoms. The van der Waals surface area contributed by atoms with E-state index in [1.54, 1.807) is 50.4 Å². The summed E-state index contributed by atoms with van der Waals surface area (Å²) in [7, 11) is 0. The van der Waals surface area contributed by atoms with Crippen molar-refractivity contribution in [3.05, 3.63) is 53.7 Å². The van der Waals surface area contributed by atoms with Crippen molar-refractivity contribution < 1.29 is 50.7 Å². The number of amides is 3. The molecule has 1 aromatic heterocycles. The first-order chi connectivity index (χ1) is 23.1. The third-order valence-corrected chi connectivity index (χ3v) is 7.69. The average Bonchev–Trinajstić information content (AvgIpc) is 3.40. The molecule has 3 amide bonds. The fourth-order valence-corrected chi connectivity index (χ4v) is 5.68. The molecule has 2 N–H and O–H groups in total. The van der Waals surface area contributed by atoms with Crippen LogP contribution in [0.2, 0.25) is 0 Å². The fourth-order valence-electron chi connectivity index (χ4n) is 4.61. The third kappa shape index (κ3) is 10.2. The van der Waals surface area contributed by atoms with E-state index in [0.717, 1.165) is 17.8 Å². The summed E-state index contributed by atoms with van der Waals surface area (Å²) in [6, 6.07) is 5.39. The molecule has 0 bridgehead atoms. The number of ether oxygens (including phenoxy) is 3. The summed E-state index contributed by atoms with van der Waals surface area (Å²) in [5, 5.41) is 7.83. The summed E-state index contributed by atoms with van der Waals surface area (Å²) in [6.07, 6.45) is -7.38. The molecule has 0 aliphatic carbocycles. The lowest BCUT2D eigenvalue weighted by Crippen LogP contribution is -2.50. The lowest BCUT2D eigenvalue weighted by atomic mass is 10.1. The van der Waals surface area contributed by atoms with E-state index in [0.29, 0.717) is 16.2 Å². The number of nitrogens with zero attached hydrogens (tertiary/aromatic N) is 3. The highest BCUT2D eigenvalue weighted by molar-refractivity contribution is 7.99. The maximum absolute atomic E-state index is 15.7. The number of hydrogen-bond donors (Lipinski definition) is 2. The number of rotatable bonds is 8. The van der Waals surface area contributed by atoms with Gasteiger partial charge >= 0.3 is 18.4 Å². The maximum atomic E-state index is 15.7. The summed E-state index contributed by atoms with van der Waals surface area (Å²) >= 11 is 1.08. The van der Waals surface area contributed by atoms with E-state index in [-0.39, 0.29) is 29.7 Å². The zero-order chi connectivity index (χ0) is 37.2. The summed E-state index contributed by atoms with van der Waals surface area (Å²) in [6.45, 7) is 13.1. The first kappa shape index (κ1) is 38.3. The highest BCUT2D eigenvalue weighted by Gasteiger charge is 2.47. The van der Waals surface area contributed by atoms with Crippen LogP contribution in [0.4, 0.5) is 32.8 Å². The smallest absolute Gasteiger partial charge is 0.417 e. The molecular formula is C33H39F4N5O7S. The Bertz CT molecular complexity index is 1700. The zero-order valence-corrected chi connectivity index (χ0v) is 29.5. The molecule has 1 aliphatic rings. The predicted molar refractivity (Wildman–Crippen MR) is 175 cm³/mol. The first-order valence-electron chi connectivity index (χ1n) is 15.5. The minimum atomic E-state index is -5.08. The number of carbonyl (C=O) groups is 3. The van der Waals surface area contributed by atoms with Crippen LogP contribution < -0.4 is 20.3 Å². The second kappa shape index (κ2) is 14.7. The van der Waals surface area contributed by atoms with Crippen molar-refractivity contribution in [2.24, 2.45) is 0 Å². The number of nitrogens with one attached hydrogen (secondary N) is 2. The van der Waals surface area contributed by atoms with Crippen molar-refractivity contribution in [2.75, 3.05) is 10.7 Å². The number of hydrogen-bond acceptors (Lipinski definition) is 10. The quantitative estimate of drug-likeness (QED) is 0.227. The van der Waals surface area contributed by atoms with Crippen LogP contribution in [-0.2, 0) is 20.8 Å². The van der Waals surface area contributed by atoms with Gasteiger partial charge in [-0.25, -0.2) is 14.0 Å². The predicted octanol–water partition coefficient (Wildman–Crippen LogP) is 7.32. The van der Waals surface area contributed by atoms with Crippen LogP contribution in [0.3, 0.4) is 0 Å². The summed E-state index contributed by atoms with van der Waals surface area (Å²) < 4.78 is 78.5. The normalized spacial score (nSPS) is 16.0. The molecule has 0 spiro atoms. The molecule has 3 aromatic rings. The van der Waals surface area contributed by atoms with Gasteiger partial charge in [0.05, 0.1) is 23.9 Å². The van der Waals surface area contributed by atoms with Crippen molar-refractivity contribution in [1.29, 1.82) is 0 Å². The molecule has 2 heterocycles. The number of alkyl halides is 3. The van der Waals surface area contributed by atoms with Crippen molar-refractivity contribution in [2.45, 2.75) is 102 Å². The number of halogens is 4. The van der Waals surface area contributed by atoms with Gasteiger partial charge < -0.3 is 34.3 Å². The topological polar surface area (TPSA) is 145 Å². The lowest BCUT2D eigenvalue weighted by Gasteiger charge is -2.27. The van der Waals surface area contributed by atoms with E-state index >= 15 is 4.39 Å². The standard InChI is InChI=1S/C33H39F4N5O7S/c1-17(2)46-19-11-9-18(10-12-19)15-42-23-13-20(21(34)14-24(23)50-16-22(28(42)43)38-29(44)47-31(3,4)5)26-40-27(49-41-26)25(33(35,36)37)39-30(45)48-32(6,7)8/h9-14,17,22,25H,15-16H2,1-8H3,(H,38,44)(H,39,45)/t22-,25?/m0/s1. The van der Waals surface area contributed by atoms with Gasteiger partial charge in [0.15, 0.2) is 0 Å². The van der Waals surface area contributed by atoms with E-state index < -0.39 is 65.1 Å². The van der Waals surface area contributed by atoms with Gasteiger partial charge in [0.25, 0.3) is 11.8 Å². The van der Waals surface area contributed by atoms with Crippen LogP contribution in [0.25, 0.3) is 11.4 Å². The SMILES string of the molecule is CC(C)Oc1ccc(CN2C(=O)[C@@H](NC(=O)OC(C)(C)C)CSc3cc(F)c(-c4noc(C(NC(=O)OC(C)(C)C)C(F)(F)F)n4)cc32)cc1. The second-order valence-electron chi connectivity index (χ2n) is 13.6. The van der Waals surface area contributed by atoms with Crippen molar-refractivity contribution >= 4 is 35.5 Å². The summed E-state index contributed by atoms with van der Waals surface area (Å²) in [4.78, 5) is 44.3. The minimum absolute atomic E-state index is 0.0114. The van der Waals surface area contributed by atoms with E-state index in [1.807, 2.05) is 13.8 Å². The highest BCUT2D eigenvalue weighted by Crippen LogP contribution is 2.40. The molecule has 0 fully saturated rings. The number of carbonyl (C=O) groups excluding carboxylic acids is 3. The molecule has 0 radical (unpaired) electrons. The number of anilines is 1. The maximum Gasteiger partial charge on any atom is 0.417 e. The van der Waals surface area contributed by atoms with Crippen LogP contribution in [-0.4, -0.2) is 63.5 Å². The molecule has 0 saturated heterocycles. The number of aromatic nitrogens is 2. The second-order valence-corrected chi connectivity index (χ2v) is 14.7. The van der Waals surface area contributed by atoms with Crippen molar-refractivity contribution in [3.63, 3.8) is 0 Å². The molecule has 12 nitrogen and oxygen atoms in total. The van der Waals surface area contributed by atoms with Gasteiger partial charge in [-0.3, -0.25) is 4.79 Å². The molecule has 4 rings (SSSR count). The van der Waals surface area contributed by atoms with Crippen LogP contribution >= 0.6 is 11.8 Å². The minimum Gasteiger partial charge on any atom is -0.491 e. The number of alkyl carbamates (subject to hydrolysis) is 2. The molecule has 50 heavy (non-hydrogen) atoms. The van der Waals surface area contributed by atoms with Gasteiger partial charge in [0, 0.05) is 10.6 Å². The van der Waals surface area contributed by atoms with Gasteiger partial charge in [0.1, 0.15) is 28.8 Å². The molecular weight excluding hydrogens is 686 g/mol. The van der Waals surface area contributed by atoms with Gasteiger partial charge in [-0.15, -0.1) is 11.8 Å². The van der Waals surface area contributed by atoms with Gasteiger partial charge in [0.2, 0.25) is 11.9 Å². The Morgan fingerprint density at radius 2 is 1.64 bits per heavy atom. The Hall–Kier alpha value is -4.54. The Balaban J connectivity index is 1.73. The average molecular weight is 726 g/mol. The van der Waals surface area contributed by atoms with Crippen molar-refractivity contribution in [3.8, 4) is 17.1 Å². The number of fused-ring (bicyclic) bond motifs is 1. The zero-order valence-electron chi connectivity index (χ0n) is 28.7. The van der Waals surface area contributed by atoms with Crippen LogP contribution in [0, 0.1) is 5.82 Å². The third-order valence-electron chi connectivity index (χ3n) is 6.55. The highest BCUT2D eigenvalue weighted by atomic mass is 32.2. The Morgan fingerprint density at radius 1 is 1.02 bits per heavy atom. The lowest BCUT2D eigenvalue weighted by molar-refractivity contribution is -0.162. The van der Waals surface area contributed by atoms with Crippen LogP contribution in [0.15, 0.2) is 45.8 Å². The monoisotopic (exact) mass is 725 g/mol. The molecule has 1 aliphatic heterocycles. The van der Waals surface area contributed by atoms with Crippen LogP contribution in [0.5, 0.6) is 5.75 Å². The van der Waals surface area contributed by atoms with Gasteiger partial charge in [-0.2, -0.15) is 18.2 Å². The largest absolute Gasteiger partial charge is 0.491 e. The van der Waals surface area contributed by atoms with Crippen LogP contribution in [0.1, 0.15) is 72.9 Å². The van der Waals surface area contributed by atoms with E-state index in [2.05, 4.69) is 15.5 Å². The summed E-state index contributed by atoms with van der Waals surface area (Å²) in [5.41, 5.74) is -1.50. The van der Waals surface area contributed by atoms with Crippen molar-refractivity contribution in [1.82, 2.24) is 20.8 Å². The van der Waals surface area contributed by atoms with Gasteiger partial charge in [-0.05, 0) is 85.2 Å². The fraction of sp³-hybridized carbons (Fsp3) is 0.485. The van der Waals surface area contributed by atoms with E-state index in [9.17, 15) is 27.6 Å². The molecule has 0 saturated carbocycles. The van der Waals surface area contributed by atoms with E-state index in [1.165, 1.54) is 31.7 Å². The molecule has 1 unspecified atom stereocenters. The Kier molecular flexibility index (Phi) is 11.3. The molecule has 2 atom stereocenters. The first-order valence-corrected chi connectivity index (χ1v) is 16.5. The Morgan fingerprint density at radius 3 is 2.22 bits per heavy atom. The summed E-state index contributed by atoms with van der Waals surface area (Å²) in [5.74, 6) is -2.51. The molecule has 272 valence electrons. The number of thioether (sulfide) groups is 1. The Labute approximate surface area is 290 Å². The molecule has 2 aromatic carbocycles. The number of benzene rings is 2. The van der Waals surface area contributed by atoms with E-state index in [4.69, 9.17) is 18.7 Å². The van der Waals surface area contributed by atoms with Gasteiger partial charge in [-0.1, -0.05) is 17.3 Å².